The lowest BCUT2D eigenvalue weighted by Crippen LogP contribution is -2.14. The van der Waals surface area contributed by atoms with Crippen molar-refractivity contribution in [3.8, 4) is 17.2 Å². The van der Waals surface area contributed by atoms with Crippen molar-refractivity contribution in [1.29, 1.82) is 0 Å². The number of benzene rings is 2. The van der Waals surface area contributed by atoms with Crippen LogP contribution in [0.25, 0.3) is 0 Å². The maximum Gasteiger partial charge on any atom is 0.169 e. The molecular weight excluding hydrogens is 273 g/mol. The number of hydrogen-bond acceptors (Lipinski definition) is 4. The Kier molecular flexibility index (Phi) is 5.00. The van der Waals surface area contributed by atoms with Gasteiger partial charge in [-0.1, -0.05) is 18.2 Å². The zero-order valence-electron chi connectivity index (χ0n) is 12.0. The quantitative estimate of drug-likeness (QED) is 0.859. The zero-order chi connectivity index (χ0) is 15.2. The smallest absolute Gasteiger partial charge is 0.169 e. The number of aromatic hydroxyl groups is 1. The average molecular weight is 291 g/mol. The fourth-order valence-corrected chi connectivity index (χ4v) is 2.03. The maximum atomic E-state index is 13.6. The molecule has 21 heavy (non-hydrogen) atoms. The molecule has 0 spiro atoms. The van der Waals surface area contributed by atoms with Crippen molar-refractivity contribution in [3.05, 3.63) is 53.3 Å². The van der Waals surface area contributed by atoms with Crippen LogP contribution in [0.1, 0.15) is 11.1 Å². The van der Waals surface area contributed by atoms with Gasteiger partial charge >= 0.3 is 0 Å². The van der Waals surface area contributed by atoms with Crippen LogP contribution < -0.4 is 14.8 Å². The largest absolute Gasteiger partial charge is 0.505 e. The van der Waals surface area contributed by atoms with Gasteiger partial charge in [-0.05, 0) is 12.1 Å². The molecule has 0 unspecified atom stereocenters. The van der Waals surface area contributed by atoms with Crippen LogP contribution in [0.5, 0.6) is 17.2 Å². The average Bonchev–Trinajstić information content (AvgIpc) is 2.51. The predicted octanol–water partition coefficient (Wildman–Crippen LogP) is 2.84. The van der Waals surface area contributed by atoms with Gasteiger partial charge in [-0.15, -0.1) is 0 Å². The molecule has 0 aliphatic rings. The molecule has 0 heterocycles. The van der Waals surface area contributed by atoms with Crippen LogP contribution >= 0.6 is 0 Å². The van der Waals surface area contributed by atoms with Crippen molar-refractivity contribution in [2.24, 2.45) is 0 Å². The van der Waals surface area contributed by atoms with Crippen LogP contribution in [0.15, 0.2) is 36.4 Å². The summed E-state index contributed by atoms with van der Waals surface area (Å²) in [7, 11) is 3.19. The van der Waals surface area contributed by atoms with Crippen LogP contribution in [-0.4, -0.2) is 19.3 Å². The van der Waals surface area contributed by atoms with Gasteiger partial charge in [0, 0.05) is 30.3 Å². The molecule has 5 heteroatoms. The SMILES string of the molecule is COc1ccc(CNCc2cccc(O)c2F)c(OC)c1. The first-order chi connectivity index (χ1) is 10.2. The molecule has 0 amide bonds. The maximum absolute atomic E-state index is 13.6. The number of nitrogens with one attached hydrogen (secondary N) is 1. The molecule has 2 N–H and O–H groups in total. The van der Waals surface area contributed by atoms with Gasteiger partial charge in [0.25, 0.3) is 0 Å². The Morgan fingerprint density at radius 1 is 1.05 bits per heavy atom. The minimum absolute atomic E-state index is 0.315. The molecular formula is C16H18FNO3. The van der Waals surface area contributed by atoms with Crippen molar-refractivity contribution >= 4 is 0 Å². The second-order valence-electron chi connectivity index (χ2n) is 4.53. The van der Waals surface area contributed by atoms with Crippen LogP contribution in [0, 0.1) is 5.82 Å². The van der Waals surface area contributed by atoms with Crippen molar-refractivity contribution in [1.82, 2.24) is 5.32 Å². The number of ether oxygens (including phenoxy) is 2. The summed E-state index contributed by atoms with van der Waals surface area (Å²) in [6, 6.07) is 10.1. The molecule has 0 atom stereocenters. The highest BCUT2D eigenvalue weighted by atomic mass is 19.1. The lowest BCUT2D eigenvalue weighted by atomic mass is 10.1. The van der Waals surface area contributed by atoms with Gasteiger partial charge in [0.1, 0.15) is 11.5 Å². The van der Waals surface area contributed by atoms with Crippen LogP contribution in [0.3, 0.4) is 0 Å². The molecule has 4 nitrogen and oxygen atoms in total. The summed E-state index contributed by atoms with van der Waals surface area (Å²) < 4.78 is 24.1. The van der Waals surface area contributed by atoms with Gasteiger partial charge in [-0.2, -0.15) is 0 Å². The molecule has 0 fully saturated rings. The van der Waals surface area contributed by atoms with Gasteiger partial charge in [-0.3, -0.25) is 0 Å². The summed E-state index contributed by atoms with van der Waals surface area (Å²) in [4.78, 5) is 0. The first-order valence-corrected chi connectivity index (χ1v) is 6.53. The number of rotatable bonds is 6. The molecule has 0 radical (unpaired) electrons. The third-order valence-electron chi connectivity index (χ3n) is 3.18. The van der Waals surface area contributed by atoms with Crippen molar-refractivity contribution < 1.29 is 19.0 Å². The highest BCUT2D eigenvalue weighted by Crippen LogP contribution is 2.24. The summed E-state index contributed by atoms with van der Waals surface area (Å²) in [5.41, 5.74) is 1.36. The number of methoxy groups -OCH3 is 2. The molecule has 2 rings (SSSR count). The third-order valence-corrected chi connectivity index (χ3v) is 3.18. The van der Waals surface area contributed by atoms with Crippen LogP contribution in [-0.2, 0) is 13.1 Å². The van der Waals surface area contributed by atoms with E-state index < -0.39 is 5.82 Å². The van der Waals surface area contributed by atoms with Crippen LogP contribution in [0.4, 0.5) is 4.39 Å². The molecule has 0 aliphatic carbocycles. The highest BCUT2D eigenvalue weighted by molar-refractivity contribution is 5.40. The van der Waals surface area contributed by atoms with E-state index in [1.165, 1.54) is 6.07 Å². The summed E-state index contributed by atoms with van der Waals surface area (Å²) in [6.45, 7) is 0.831. The topological polar surface area (TPSA) is 50.7 Å². The number of phenolic OH excluding ortho intramolecular Hbond substituents is 1. The highest BCUT2D eigenvalue weighted by Gasteiger charge is 2.08. The summed E-state index contributed by atoms with van der Waals surface area (Å²) in [5, 5.41) is 12.4. The predicted molar refractivity (Wildman–Crippen MR) is 78.2 cm³/mol. The minimum Gasteiger partial charge on any atom is -0.505 e. The summed E-state index contributed by atoms with van der Waals surface area (Å²) in [5.74, 6) is 0.496. The standard InChI is InChI=1S/C16H18FNO3/c1-20-13-7-6-11(15(8-13)21-2)9-18-10-12-4-3-5-14(19)16(12)17/h3-8,18-19H,9-10H2,1-2H3. The van der Waals surface area contributed by atoms with Crippen molar-refractivity contribution in [2.45, 2.75) is 13.1 Å². The molecule has 0 aliphatic heterocycles. The fourth-order valence-electron chi connectivity index (χ4n) is 2.03. The van der Waals surface area contributed by atoms with E-state index in [4.69, 9.17) is 9.47 Å². The summed E-state index contributed by atoms with van der Waals surface area (Å²) in [6.07, 6.45) is 0. The van der Waals surface area contributed by atoms with E-state index in [1.807, 2.05) is 12.1 Å². The monoisotopic (exact) mass is 291 g/mol. The molecule has 2 aromatic carbocycles. The first kappa shape index (κ1) is 15.1. The summed E-state index contributed by atoms with van der Waals surface area (Å²) >= 11 is 0. The molecule has 2 aromatic rings. The second kappa shape index (κ2) is 6.95. The van der Waals surface area contributed by atoms with Gasteiger partial charge in [0.2, 0.25) is 0 Å². The lowest BCUT2D eigenvalue weighted by Gasteiger charge is -2.12. The van der Waals surface area contributed by atoms with Gasteiger partial charge in [0.15, 0.2) is 11.6 Å². The lowest BCUT2D eigenvalue weighted by molar-refractivity contribution is 0.389. The Morgan fingerprint density at radius 3 is 2.52 bits per heavy atom. The Balaban J connectivity index is 2.02. The van der Waals surface area contributed by atoms with E-state index in [1.54, 1.807) is 32.4 Å². The van der Waals surface area contributed by atoms with E-state index in [-0.39, 0.29) is 5.75 Å². The number of halogens is 1. The Hall–Kier alpha value is -2.27. The Morgan fingerprint density at radius 2 is 1.81 bits per heavy atom. The van der Waals surface area contributed by atoms with Crippen LogP contribution in [0.2, 0.25) is 0 Å². The van der Waals surface area contributed by atoms with Crippen molar-refractivity contribution in [2.75, 3.05) is 14.2 Å². The number of phenols is 1. The molecule has 112 valence electrons. The van der Waals surface area contributed by atoms with Gasteiger partial charge in [0.05, 0.1) is 14.2 Å². The Bertz CT molecular complexity index is 616. The second-order valence-corrected chi connectivity index (χ2v) is 4.53. The molecule has 0 bridgehead atoms. The zero-order valence-corrected chi connectivity index (χ0v) is 12.0. The van der Waals surface area contributed by atoms with Crippen molar-refractivity contribution in [3.63, 3.8) is 0 Å². The molecule has 0 aromatic heterocycles. The van der Waals surface area contributed by atoms with E-state index >= 15 is 0 Å². The molecule has 0 saturated carbocycles. The van der Waals surface area contributed by atoms with Gasteiger partial charge in [-0.25, -0.2) is 4.39 Å². The fraction of sp³-hybridized carbons (Fsp3) is 0.250. The molecule has 0 saturated heterocycles. The normalized spacial score (nSPS) is 10.4. The van der Waals surface area contributed by atoms with E-state index in [0.29, 0.717) is 24.4 Å². The minimum atomic E-state index is -0.591. The Labute approximate surface area is 123 Å². The first-order valence-electron chi connectivity index (χ1n) is 6.53. The third kappa shape index (κ3) is 3.64. The van der Waals surface area contributed by atoms with E-state index in [2.05, 4.69) is 5.32 Å². The van der Waals surface area contributed by atoms with E-state index in [9.17, 15) is 9.50 Å². The number of hydrogen-bond donors (Lipinski definition) is 2. The van der Waals surface area contributed by atoms with Gasteiger partial charge < -0.3 is 19.9 Å². The van der Waals surface area contributed by atoms with E-state index in [0.717, 1.165) is 11.3 Å².